The van der Waals surface area contributed by atoms with E-state index in [0.29, 0.717) is 12.1 Å². The Kier molecular flexibility index (Phi) is 5.69. The quantitative estimate of drug-likeness (QED) is 0.886. The lowest BCUT2D eigenvalue weighted by Crippen LogP contribution is -2.57. The fourth-order valence-electron chi connectivity index (χ4n) is 5.47. The van der Waals surface area contributed by atoms with Crippen molar-refractivity contribution in [2.75, 3.05) is 13.1 Å². The molecule has 1 aromatic carbocycles. The molecule has 1 amide bonds. The third kappa shape index (κ3) is 3.85. The molecule has 0 unspecified atom stereocenters. The lowest BCUT2D eigenvalue weighted by Gasteiger charge is -2.44. The molecular weight excluding hydrogens is 340 g/mol. The zero-order chi connectivity index (χ0) is 18.8. The van der Waals surface area contributed by atoms with Crippen molar-refractivity contribution in [2.24, 2.45) is 0 Å². The number of fused-ring (bicyclic) bond motifs is 1. The van der Waals surface area contributed by atoms with Crippen LogP contribution in [0.4, 0.5) is 0 Å². The van der Waals surface area contributed by atoms with Crippen molar-refractivity contribution in [3.05, 3.63) is 30.3 Å². The smallest absolute Gasteiger partial charge is 0.219 e. The number of nitrogens with zero attached hydrogens (tertiary/aromatic N) is 2. The summed E-state index contributed by atoms with van der Waals surface area (Å²) in [7, 11) is 0. The van der Waals surface area contributed by atoms with Gasteiger partial charge in [-0.1, -0.05) is 24.6 Å². The summed E-state index contributed by atoms with van der Waals surface area (Å²) >= 11 is 0. The second-order valence-corrected chi connectivity index (χ2v) is 8.33. The van der Waals surface area contributed by atoms with Gasteiger partial charge in [-0.3, -0.25) is 9.69 Å². The van der Waals surface area contributed by atoms with E-state index in [1.807, 2.05) is 30.3 Å². The number of likely N-dealkylation sites (tertiary alicyclic amines) is 2. The van der Waals surface area contributed by atoms with E-state index < -0.39 is 6.10 Å². The first kappa shape index (κ1) is 18.8. The van der Waals surface area contributed by atoms with Gasteiger partial charge in [0, 0.05) is 31.6 Å². The first-order valence-electron chi connectivity index (χ1n) is 10.6. The van der Waals surface area contributed by atoms with Gasteiger partial charge < -0.3 is 14.7 Å². The van der Waals surface area contributed by atoms with Gasteiger partial charge in [-0.25, -0.2) is 0 Å². The van der Waals surface area contributed by atoms with Crippen LogP contribution in [0.15, 0.2) is 30.3 Å². The number of benzene rings is 1. The summed E-state index contributed by atoms with van der Waals surface area (Å²) < 4.78 is 6.15. The molecule has 5 heteroatoms. The van der Waals surface area contributed by atoms with Crippen LogP contribution in [-0.2, 0) is 4.79 Å². The summed E-state index contributed by atoms with van der Waals surface area (Å²) in [4.78, 5) is 16.7. The van der Waals surface area contributed by atoms with Crippen molar-refractivity contribution in [1.29, 1.82) is 0 Å². The van der Waals surface area contributed by atoms with Gasteiger partial charge in [0.05, 0.1) is 0 Å². The van der Waals surface area contributed by atoms with Gasteiger partial charge >= 0.3 is 0 Å². The molecule has 1 aliphatic carbocycles. The zero-order valence-corrected chi connectivity index (χ0v) is 16.3. The lowest BCUT2D eigenvalue weighted by molar-refractivity contribution is -0.130. The van der Waals surface area contributed by atoms with Crippen LogP contribution < -0.4 is 4.74 Å². The van der Waals surface area contributed by atoms with E-state index in [4.69, 9.17) is 4.74 Å². The average molecular weight is 373 g/mol. The van der Waals surface area contributed by atoms with Crippen molar-refractivity contribution >= 4 is 5.91 Å². The first-order valence-corrected chi connectivity index (χ1v) is 10.6. The maximum absolute atomic E-state index is 12.1. The van der Waals surface area contributed by atoms with Crippen LogP contribution in [0, 0.1) is 0 Å². The fraction of sp³-hybridized carbons (Fsp3) is 0.682. The molecule has 2 aliphatic heterocycles. The molecule has 0 spiro atoms. The van der Waals surface area contributed by atoms with Gasteiger partial charge in [-0.2, -0.15) is 0 Å². The van der Waals surface area contributed by atoms with Crippen LogP contribution in [0.3, 0.4) is 0 Å². The summed E-state index contributed by atoms with van der Waals surface area (Å²) in [5.41, 5.74) is 0. The normalized spacial score (nSPS) is 34.7. The molecule has 1 N–H and O–H groups in total. The van der Waals surface area contributed by atoms with Crippen molar-refractivity contribution in [1.82, 2.24) is 9.80 Å². The molecule has 1 aromatic rings. The summed E-state index contributed by atoms with van der Waals surface area (Å²) in [5, 5.41) is 11.2. The molecule has 0 aromatic heterocycles. The van der Waals surface area contributed by atoms with Gasteiger partial charge in [-0.05, 0) is 57.2 Å². The third-order valence-corrected chi connectivity index (χ3v) is 6.73. The topological polar surface area (TPSA) is 53.0 Å². The third-order valence-electron chi connectivity index (χ3n) is 6.73. The lowest BCUT2D eigenvalue weighted by atomic mass is 9.87. The van der Waals surface area contributed by atoms with Crippen LogP contribution >= 0.6 is 0 Å². The van der Waals surface area contributed by atoms with Gasteiger partial charge in [0.1, 0.15) is 18.0 Å². The number of hydrogen-bond acceptors (Lipinski definition) is 4. The highest BCUT2D eigenvalue weighted by molar-refractivity contribution is 5.74. The van der Waals surface area contributed by atoms with Gasteiger partial charge in [0.15, 0.2) is 0 Å². The second kappa shape index (κ2) is 8.19. The molecule has 5 nitrogen and oxygen atoms in total. The van der Waals surface area contributed by atoms with Gasteiger partial charge in [0.2, 0.25) is 5.91 Å². The van der Waals surface area contributed by atoms with Crippen LogP contribution in [0.25, 0.3) is 0 Å². The minimum Gasteiger partial charge on any atom is -0.488 e. The number of amides is 1. The van der Waals surface area contributed by atoms with Crippen LogP contribution in [0.5, 0.6) is 5.75 Å². The molecule has 3 fully saturated rings. The maximum atomic E-state index is 12.1. The summed E-state index contributed by atoms with van der Waals surface area (Å²) in [6.45, 7) is 3.57. The highest BCUT2D eigenvalue weighted by atomic mass is 16.5. The molecule has 148 valence electrons. The number of carbonyl (C=O) groups is 1. The summed E-state index contributed by atoms with van der Waals surface area (Å²) in [5.74, 6) is 1.03. The molecule has 0 radical (unpaired) electrons. The van der Waals surface area contributed by atoms with Crippen molar-refractivity contribution < 1.29 is 14.6 Å². The predicted octanol–water partition coefficient (Wildman–Crippen LogP) is 2.82. The highest BCUT2D eigenvalue weighted by Gasteiger charge is 2.45. The van der Waals surface area contributed by atoms with Crippen molar-refractivity contribution in [2.45, 2.75) is 82.2 Å². The Morgan fingerprint density at radius 1 is 0.963 bits per heavy atom. The number of hydrogen-bond donors (Lipinski definition) is 1. The number of aliphatic hydroxyl groups is 1. The van der Waals surface area contributed by atoms with Crippen LogP contribution in [0.1, 0.15) is 51.9 Å². The SMILES string of the molecule is CC(=O)N1CC[C@@H]2[C@H]1CCCCN2[C@H]1CCC[C@@H](Oc2ccccc2)[C@@H]1O. The number of rotatable bonds is 3. The molecule has 2 heterocycles. The Morgan fingerprint density at radius 2 is 1.74 bits per heavy atom. The van der Waals surface area contributed by atoms with E-state index in [1.54, 1.807) is 6.92 Å². The van der Waals surface area contributed by atoms with E-state index in [2.05, 4.69) is 9.80 Å². The fourth-order valence-corrected chi connectivity index (χ4v) is 5.47. The molecule has 5 atom stereocenters. The Morgan fingerprint density at radius 3 is 2.52 bits per heavy atom. The minimum atomic E-state index is -0.482. The molecule has 0 bridgehead atoms. The first-order chi connectivity index (χ1) is 13.1. The standard InChI is InChI=1S/C22H32N2O3/c1-16(25)23-15-13-19-18(23)10-5-6-14-24(19)20-11-7-12-21(22(20)26)27-17-8-3-2-4-9-17/h2-4,8-9,18-22,26H,5-7,10-15H2,1H3/t18-,19-,20+,21-,22-/m1/s1. The monoisotopic (exact) mass is 372 g/mol. The largest absolute Gasteiger partial charge is 0.488 e. The van der Waals surface area contributed by atoms with Crippen LogP contribution in [-0.4, -0.2) is 64.2 Å². The zero-order valence-electron chi connectivity index (χ0n) is 16.3. The Bertz CT molecular complexity index is 638. The van der Waals surface area contributed by atoms with E-state index in [0.717, 1.165) is 63.8 Å². The van der Waals surface area contributed by atoms with E-state index in [1.165, 1.54) is 0 Å². The van der Waals surface area contributed by atoms with Crippen molar-refractivity contribution in [3.63, 3.8) is 0 Å². The predicted molar refractivity (Wildman–Crippen MR) is 105 cm³/mol. The summed E-state index contributed by atoms with van der Waals surface area (Å²) in [6.07, 6.45) is 6.77. The molecule has 1 saturated carbocycles. The highest BCUT2D eigenvalue weighted by Crippen LogP contribution is 2.36. The molecule has 27 heavy (non-hydrogen) atoms. The van der Waals surface area contributed by atoms with Gasteiger partial charge in [0.25, 0.3) is 0 Å². The van der Waals surface area contributed by atoms with E-state index >= 15 is 0 Å². The van der Waals surface area contributed by atoms with E-state index in [9.17, 15) is 9.90 Å². The number of carbonyl (C=O) groups excluding carboxylic acids is 1. The Balaban J connectivity index is 1.50. The van der Waals surface area contributed by atoms with E-state index in [-0.39, 0.29) is 18.1 Å². The Labute approximate surface area is 162 Å². The summed E-state index contributed by atoms with van der Waals surface area (Å²) in [6, 6.07) is 10.7. The van der Waals surface area contributed by atoms with Gasteiger partial charge in [-0.15, -0.1) is 0 Å². The minimum absolute atomic E-state index is 0.130. The number of ether oxygens (including phenoxy) is 1. The average Bonchev–Trinajstić information content (AvgIpc) is 2.98. The Hall–Kier alpha value is -1.59. The van der Waals surface area contributed by atoms with Crippen LogP contribution in [0.2, 0.25) is 0 Å². The number of aliphatic hydroxyl groups excluding tert-OH is 1. The molecule has 4 rings (SSSR count). The molecular formula is C22H32N2O3. The number of para-hydroxylation sites is 1. The second-order valence-electron chi connectivity index (χ2n) is 8.33. The van der Waals surface area contributed by atoms with Crippen molar-refractivity contribution in [3.8, 4) is 5.75 Å². The maximum Gasteiger partial charge on any atom is 0.219 e. The molecule has 3 aliphatic rings. The molecule has 2 saturated heterocycles.